The number of halogens is 8. The molecule has 130 valence electrons. The first-order valence-corrected chi connectivity index (χ1v) is 6.41. The SMILES string of the molecule is CCCCn1cc[n+](C)c1C.F[B-](F)(F)C(F)(F)C(F)(F)F. The first kappa shape index (κ1) is 20.7. The smallest absolute Gasteiger partial charge is 0.445 e. The van der Waals surface area contributed by atoms with E-state index in [9.17, 15) is 34.9 Å². The Bertz CT molecular complexity index is 448. The maximum atomic E-state index is 11.2. The summed E-state index contributed by atoms with van der Waals surface area (Å²) in [7, 11) is 2.08. The predicted molar refractivity (Wildman–Crippen MR) is 65.3 cm³/mol. The molecule has 0 aromatic carbocycles. The highest BCUT2D eigenvalue weighted by Crippen LogP contribution is 2.43. The molecule has 22 heavy (non-hydrogen) atoms. The zero-order valence-electron chi connectivity index (χ0n) is 12.3. The van der Waals surface area contributed by atoms with Gasteiger partial charge in [-0.25, -0.2) is 17.9 Å². The quantitative estimate of drug-likeness (QED) is 0.445. The van der Waals surface area contributed by atoms with Gasteiger partial charge < -0.3 is 12.9 Å². The molecule has 0 spiro atoms. The molecule has 0 unspecified atom stereocenters. The lowest BCUT2D eigenvalue weighted by molar-refractivity contribution is -0.677. The first-order chi connectivity index (χ1) is 9.75. The van der Waals surface area contributed by atoms with E-state index in [4.69, 9.17) is 0 Å². The Balaban J connectivity index is 0.000000401. The molecule has 0 bridgehead atoms. The third-order valence-electron chi connectivity index (χ3n) is 2.94. The van der Waals surface area contributed by atoms with Crippen molar-refractivity contribution in [3.8, 4) is 0 Å². The van der Waals surface area contributed by atoms with Crippen molar-refractivity contribution in [3.05, 3.63) is 18.2 Å². The summed E-state index contributed by atoms with van der Waals surface area (Å²) >= 11 is 0. The number of hydrogen-bond donors (Lipinski definition) is 0. The fraction of sp³-hybridized carbons (Fsp3) is 0.727. The molecule has 0 N–H and O–H groups in total. The second-order valence-electron chi connectivity index (χ2n) is 4.70. The number of nitrogens with zero attached hydrogens (tertiary/aromatic N) is 2. The average molecular weight is 340 g/mol. The highest BCUT2D eigenvalue weighted by molar-refractivity contribution is 6.61. The van der Waals surface area contributed by atoms with E-state index in [1.165, 1.54) is 18.7 Å². The van der Waals surface area contributed by atoms with Crippen LogP contribution in [0.4, 0.5) is 34.9 Å². The molecule has 11 heteroatoms. The maximum Gasteiger partial charge on any atom is 0.558 e. The molecule has 0 aliphatic heterocycles. The van der Waals surface area contributed by atoms with Crippen LogP contribution >= 0.6 is 0 Å². The van der Waals surface area contributed by atoms with E-state index in [0.717, 1.165) is 6.54 Å². The summed E-state index contributed by atoms with van der Waals surface area (Å²) in [5.74, 6) is -5.23. The molecule has 0 aliphatic carbocycles. The summed E-state index contributed by atoms with van der Waals surface area (Å²) in [5.41, 5.74) is 0. The highest BCUT2D eigenvalue weighted by atomic mass is 19.4. The molecule has 1 aromatic rings. The van der Waals surface area contributed by atoms with Gasteiger partial charge in [0.2, 0.25) is 0 Å². The van der Waals surface area contributed by atoms with Gasteiger partial charge in [0.25, 0.3) is 5.82 Å². The van der Waals surface area contributed by atoms with E-state index in [0.29, 0.717) is 0 Å². The topological polar surface area (TPSA) is 8.81 Å². The summed E-state index contributed by atoms with van der Waals surface area (Å²) in [5, 5.41) is 0. The summed E-state index contributed by atoms with van der Waals surface area (Å²) < 4.78 is 92.3. The van der Waals surface area contributed by atoms with Crippen LogP contribution in [0.1, 0.15) is 25.6 Å². The molecule has 1 heterocycles. The van der Waals surface area contributed by atoms with Crippen LogP contribution in [-0.4, -0.2) is 23.5 Å². The van der Waals surface area contributed by atoms with Gasteiger partial charge in [-0.15, -0.1) is 0 Å². The Kier molecular flexibility index (Phi) is 6.89. The zero-order chi connectivity index (χ0) is 17.8. The highest BCUT2D eigenvalue weighted by Gasteiger charge is 2.69. The van der Waals surface area contributed by atoms with Crippen LogP contribution in [0.5, 0.6) is 0 Å². The van der Waals surface area contributed by atoms with Gasteiger partial charge in [0.05, 0.1) is 13.6 Å². The Morgan fingerprint density at radius 2 is 1.64 bits per heavy atom. The minimum Gasteiger partial charge on any atom is -0.445 e. The van der Waals surface area contributed by atoms with Crippen molar-refractivity contribution in [2.75, 3.05) is 0 Å². The van der Waals surface area contributed by atoms with Gasteiger partial charge in [0.1, 0.15) is 12.4 Å². The molecule has 0 aliphatic rings. The van der Waals surface area contributed by atoms with Crippen LogP contribution in [-0.2, 0) is 13.6 Å². The molecular formula is C11H17BF8N2. The van der Waals surface area contributed by atoms with Crippen LogP contribution < -0.4 is 4.57 Å². The lowest BCUT2D eigenvalue weighted by Gasteiger charge is -2.28. The molecule has 0 fully saturated rings. The Morgan fingerprint density at radius 1 is 1.14 bits per heavy atom. The third-order valence-corrected chi connectivity index (χ3v) is 2.94. The van der Waals surface area contributed by atoms with Crippen molar-refractivity contribution in [2.45, 2.75) is 45.2 Å². The number of rotatable bonds is 4. The second kappa shape index (κ2) is 7.32. The van der Waals surface area contributed by atoms with Crippen molar-refractivity contribution in [1.29, 1.82) is 0 Å². The van der Waals surface area contributed by atoms with Crippen molar-refractivity contribution in [1.82, 2.24) is 4.57 Å². The summed E-state index contributed by atoms with van der Waals surface area (Å²) in [6, 6.07) is 0. The van der Waals surface area contributed by atoms with E-state index in [2.05, 4.69) is 42.4 Å². The third kappa shape index (κ3) is 5.17. The number of imidazole rings is 1. The number of aryl methyl sites for hydroxylation is 2. The van der Waals surface area contributed by atoms with Gasteiger partial charge in [-0.2, -0.15) is 13.2 Å². The fourth-order valence-electron chi connectivity index (χ4n) is 1.35. The summed E-state index contributed by atoms with van der Waals surface area (Å²) in [6.45, 7) is -1.68. The van der Waals surface area contributed by atoms with Crippen LogP contribution in [0.25, 0.3) is 0 Å². The molecule has 0 saturated carbocycles. The van der Waals surface area contributed by atoms with Crippen molar-refractivity contribution in [2.24, 2.45) is 7.05 Å². The van der Waals surface area contributed by atoms with Crippen LogP contribution in [0.3, 0.4) is 0 Å². The molecular weight excluding hydrogens is 323 g/mol. The average Bonchev–Trinajstić information content (AvgIpc) is 2.65. The number of alkyl halides is 5. The first-order valence-electron chi connectivity index (χ1n) is 6.41. The minimum atomic E-state index is -7.21. The Hall–Kier alpha value is -1.29. The lowest BCUT2D eigenvalue weighted by atomic mass is 9.80. The predicted octanol–water partition coefficient (Wildman–Crippen LogP) is 3.99. The van der Waals surface area contributed by atoms with Crippen molar-refractivity contribution in [3.63, 3.8) is 0 Å². The minimum absolute atomic E-state index is 1.16. The van der Waals surface area contributed by atoms with E-state index >= 15 is 0 Å². The Labute approximate surface area is 122 Å². The van der Waals surface area contributed by atoms with Gasteiger partial charge in [0, 0.05) is 6.92 Å². The van der Waals surface area contributed by atoms with Crippen molar-refractivity contribution < 1.29 is 39.5 Å². The molecule has 0 radical (unpaired) electrons. The number of hydrogen-bond acceptors (Lipinski definition) is 0. The molecule has 0 amide bonds. The molecule has 0 atom stereocenters. The second-order valence-corrected chi connectivity index (χ2v) is 4.70. The number of aromatic nitrogens is 2. The molecule has 0 saturated heterocycles. The molecule has 2 nitrogen and oxygen atoms in total. The van der Waals surface area contributed by atoms with E-state index < -0.39 is 19.0 Å². The van der Waals surface area contributed by atoms with Gasteiger partial charge >= 0.3 is 19.0 Å². The summed E-state index contributed by atoms with van der Waals surface area (Å²) in [6.07, 6.45) is 0.234. The van der Waals surface area contributed by atoms with Crippen LogP contribution in [0.15, 0.2) is 12.4 Å². The monoisotopic (exact) mass is 340 g/mol. The van der Waals surface area contributed by atoms with Gasteiger partial charge in [-0.05, 0) is 6.42 Å². The normalized spacial score (nSPS) is 12.9. The van der Waals surface area contributed by atoms with Crippen LogP contribution in [0.2, 0.25) is 0 Å². The summed E-state index contributed by atoms with van der Waals surface area (Å²) in [4.78, 5) is 0. The van der Waals surface area contributed by atoms with Gasteiger partial charge in [-0.3, -0.25) is 0 Å². The fourth-order valence-corrected chi connectivity index (χ4v) is 1.35. The van der Waals surface area contributed by atoms with E-state index in [-0.39, 0.29) is 0 Å². The zero-order valence-corrected chi connectivity index (χ0v) is 12.3. The lowest BCUT2D eigenvalue weighted by Crippen LogP contribution is -2.53. The molecule has 1 rings (SSSR count). The largest absolute Gasteiger partial charge is 0.558 e. The van der Waals surface area contributed by atoms with E-state index in [1.54, 1.807) is 0 Å². The molecule has 1 aromatic heterocycles. The number of unbranched alkanes of at least 4 members (excludes halogenated alkanes) is 1. The van der Waals surface area contributed by atoms with E-state index in [1.807, 2.05) is 0 Å². The van der Waals surface area contributed by atoms with Gasteiger partial charge in [0.15, 0.2) is 0 Å². The standard InChI is InChI=1S/C9H17N2.C2BF8/c1-4-5-6-11-8-7-10(3)9(11)2;4-1(5,2(6,7)8)3(9,10)11/h7-8H,4-6H2,1-3H3;/q+1;-1. The van der Waals surface area contributed by atoms with Gasteiger partial charge in [-0.1, -0.05) is 13.3 Å². The Morgan fingerprint density at radius 3 is 1.86 bits per heavy atom. The van der Waals surface area contributed by atoms with Crippen molar-refractivity contribution >= 4 is 6.98 Å². The van der Waals surface area contributed by atoms with Crippen LogP contribution in [0, 0.1) is 6.92 Å². The maximum absolute atomic E-state index is 11.2.